The fraction of sp³-hybridized carbons (Fsp3) is 0.833. The first kappa shape index (κ1) is 11.4. The van der Waals surface area contributed by atoms with Gasteiger partial charge in [-0.1, -0.05) is 0 Å². The number of nitrogens with zero attached hydrogens (tertiary/aromatic N) is 2. The molecule has 1 saturated heterocycles. The van der Waals surface area contributed by atoms with E-state index in [1.165, 1.54) is 56.7 Å². The second-order valence-corrected chi connectivity index (χ2v) is 5.91. The van der Waals surface area contributed by atoms with Crippen LogP contribution >= 0.6 is 11.5 Å². The predicted molar refractivity (Wildman–Crippen MR) is 70.6 cm³/mol. The highest BCUT2D eigenvalue weighted by molar-refractivity contribution is 7.09. The van der Waals surface area contributed by atoms with Crippen molar-refractivity contribution >= 4 is 16.7 Å². The van der Waals surface area contributed by atoms with Crippen LogP contribution in [0.15, 0.2) is 0 Å². The molecule has 0 bridgehead atoms. The van der Waals surface area contributed by atoms with Crippen molar-refractivity contribution in [3.05, 3.63) is 5.82 Å². The molecule has 2 fully saturated rings. The molecule has 1 aromatic rings. The first-order chi connectivity index (χ1) is 8.42. The molecular formula is C12H20N4S. The first-order valence-corrected chi connectivity index (χ1v) is 7.47. The van der Waals surface area contributed by atoms with Crippen molar-refractivity contribution in [1.82, 2.24) is 14.7 Å². The van der Waals surface area contributed by atoms with Crippen molar-refractivity contribution in [3.8, 4) is 0 Å². The van der Waals surface area contributed by atoms with Crippen LogP contribution in [-0.4, -0.2) is 29.0 Å². The average Bonchev–Trinajstić information content (AvgIpc) is 3.11. The molecule has 1 saturated carbocycles. The molecule has 3 rings (SSSR count). The smallest absolute Gasteiger partial charge is 0.202 e. The zero-order valence-electron chi connectivity index (χ0n) is 10.1. The van der Waals surface area contributed by atoms with Gasteiger partial charge in [-0.15, -0.1) is 0 Å². The highest BCUT2D eigenvalue weighted by Gasteiger charge is 2.27. The summed E-state index contributed by atoms with van der Waals surface area (Å²) >= 11 is 1.52. The summed E-state index contributed by atoms with van der Waals surface area (Å²) in [5, 5.41) is 7.88. The maximum absolute atomic E-state index is 4.54. The topological polar surface area (TPSA) is 49.8 Å². The van der Waals surface area contributed by atoms with Gasteiger partial charge in [0.05, 0.1) is 0 Å². The molecular weight excluding hydrogens is 232 g/mol. The lowest BCUT2D eigenvalue weighted by Crippen LogP contribution is -2.30. The summed E-state index contributed by atoms with van der Waals surface area (Å²) in [6.45, 7) is 3.42. The summed E-state index contributed by atoms with van der Waals surface area (Å²) in [4.78, 5) is 4.54. The van der Waals surface area contributed by atoms with E-state index in [2.05, 4.69) is 20.0 Å². The van der Waals surface area contributed by atoms with Crippen LogP contribution in [0.4, 0.5) is 5.13 Å². The van der Waals surface area contributed by atoms with Gasteiger partial charge in [0, 0.05) is 24.0 Å². The maximum Gasteiger partial charge on any atom is 0.202 e. The lowest BCUT2D eigenvalue weighted by molar-refractivity contribution is 0.364. The number of hydrogen-bond donors (Lipinski definition) is 2. The molecule has 2 aliphatic rings. The van der Waals surface area contributed by atoms with E-state index in [1.807, 2.05) is 0 Å². The van der Waals surface area contributed by atoms with Crippen LogP contribution in [0, 0.1) is 5.92 Å². The van der Waals surface area contributed by atoms with Crippen molar-refractivity contribution in [1.29, 1.82) is 0 Å². The summed E-state index contributed by atoms with van der Waals surface area (Å²) in [6, 6.07) is 0. The van der Waals surface area contributed by atoms with Gasteiger partial charge in [-0.3, -0.25) is 0 Å². The average molecular weight is 252 g/mol. The molecule has 0 aromatic carbocycles. The van der Waals surface area contributed by atoms with Gasteiger partial charge < -0.3 is 10.6 Å². The van der Waals surface area contributed by atoms with Gasteiger partial charge in [0.2, 0.25) is 5.13 Å². The molecule has 1 aliphatic heterocycles. The molecule has 1 atom stereocenters. The Kier molecular flexibility index (Phi) is 3.57. The molecule has 1 aliphatic carbocycles. The second kappa shape index (κ2) is 5.31. The monoisotopic (exact) mass is 252 g/mol. The molecule has 4 nitrogen and oxygen atoms in total. The molecule has 94 valence electrons. The summed E-state index contributed by atoms with van der Waals surface area (Å²) in [5.74, 6) is 2.58. The Morgan fingerprint density at radius 3 is 3.06 bits per heavy atom. The fourth-order valence-electron chi connectivity index (χ4n) is 2.37. The number of aromatic nitrogens is 2. The lowest BCUT2D eigenvalue weighted by atomic mass is 9.96. The molecule has 2 heterocycles. The Bertz CT molecular complexity index is 355. The largest absolute Gasteiger partial charge is 0.360 e. The highest BCUT2D eigenvalue weighted by atomic mass is 32.1. The van der Waals surface area contributed by atoms with E-state index in [9.17, 15) is 0 Å². The van der Waals surface area contributed by atoms with E-state index < -0.39 is 0 Å². The van der Waals surface area contributed by atoms with Crippen LogP contribution in [0.1, 0.15) is 43.8 Å². The van der Waals surface area contributed by atoms with E-state index >= 15 is 0 Å². The van der Waals surface area contributed by atoms with E-state index in [0.29, 0.717) is 5.92 Å². The van der Waals surface area contributed by atoms with Gasteiger partial charge in [0.1, 0.15) is 5.82 Å². The Balaban J connectivity index is 1.40. The summed E-state index contributed by atoms with van der Waals surface area (Å²) in [5.41, 5.74) is 0. The van der Waals surface area contributed by atoms with E-state index in [0.717, 1.165) is 23.4 Å². The normalized spacial score (nSPS) is 24.8. The van der Waals surface area contributed by atoms with Crippen molar-refractivity contribution in [2.45, 2.75) is 38.0 Å². The Labute approximate surface area is 106 Å². The van der Waals surface area contributed by atoms with Crippen molar-refractivity contribution in [3.63, 3.8) is 0 Å². The SMILES string of the molecule is C1CNCC(CCNc2nc(C3CC3)ns2)C1. The van der Waals surface area contributed by atoms with Gasteiger partial charge >= 0.3 is 0 Å². The zero-order valence-corrected chi connectivity index (χ0v) is 10.9. The highest BCUT2D eigenvalue weighted by Crippen LogP contribution is 2.39. The summed E-state index contributed by atoms with van der Waals surface area (Å²) < 4.78 is 4.40. The number of anilines is 1. The van der Waals surface area contributed by atoms with Gasteiger partial charge in [-0.05, 0) is 51.1 Å². The lowest BCUT2D eigenvalue weighted by Gasteiger charge is -2.22. The van der Waals surface area contributed by atoms with Crippen molar-refractivity contribution in [2.75, 3.05) is 25.0 Å². The fourth-order valence-corrected chi connectivity index (χ4v) is 3.04. The zero-order chi connectivity index (χ0) is 11.5. The van der Waals surface area contributed by atoms with E-state index in [4.69, 9.17) is 0 Å². The summed E-state index contributed by atoms with van der Waals surface area (Å²) in [7, 11) is 0. The molecule has 17 heavy (non-hydrogen) atoms. The standard InChI is InChI=1S/C12H20N4S/c1-2-9(8-13-6-1)5-7-14-12-15-11(16-17-12)10-3-4-10/h9-10,13H,1-8H2,(H,14,15,16). The Morgan fingerprint density at radius 1 is 1.35 bits per heavy atom. The second-order valence-electron chi connectivity index (χ2n) is 5.16. The predicted octanol–water partition coefficient (Wildman–Crippen LogP) is 2.22. The molecule has 0 radical (unpaired) electrons. The Hall–Kier alpha value is -0.680. The third-order valence-corrected chi connectivity index (χ3v) is 4.30. The molecule has 0 spiro atoms. The minimum Gasteiger partial charge on any atom is -0.360 e. The van der Waals surface area contributed by atoms with Crippen molar-refractivity contribution < 1.29 is 0 Å². The minimum atomic E-state index is 0.671. The van der Waals surface area contributed by atoms with Crippen LogP contribution < -0.4 is 10.6 Å². The third kappa shape index (κ3) is 3.16. The van der Waals surface area contributed by atoms with Gasteiger partial charge in [0.25, 0.3) is 0 Å². The van der Waals surface area contributed by atoms with Crippen LogP contribution in [0.25, 0.3) is 0 Å². The quantitative estimate of drug-likeness (QED) is 0.843. The van der Waals surface area contributed by atoms with Gasteiger partial charge in [-0.2, -0.15) is 4.37 Å². The van der Waals surface area contributed by atoms with Crippen molar-refractivity contribution in [2.24, 2.45) is 5.92 Å². The molecule has 1 aromatic heterocycles. The van der Waals surface area contributed by atoms with Crippen LogP contribution in [0.2, 0.25) is 0 Å². The molecule has 1 unspecified atom stereocenters. The van der Waals surface area contributed by atoms with Crippen LogP contribution in [-0.2, 0) is 0 Å². The van der Waals surface area contributed by atoms with Crippen LogP contribution in [0.5, 0.6) is 0 Å². The van der Waals surface area contributed by atoms with Gasteiger partial charge in [0.15, 0.2) is 0 Å². The third-order valence-electron chi connectivity index (χ3n) is 3.61. The summed E-state index contributed by atoms with van der Waals surface area (Å²) in [6.07, 6.45) is 6.51. The van der Waals surface area contributed by atoms with E-state index in [-0.39, 0.29) is 0 Å². The molecule has 5 heteroatoms. The molecule has 0 amide bonds. The first-order valence-electron chi connectivity index (χ1n) is 6.70. The number of hydrogen-bond acceptors (Lipinski definition) is 5. The minimum absolute atomic E-state index is 0.671. The van der Waals surface area contributed by atoms with Gasteiger partial charge in [-0.25, -0.2) is 4.98 Å². The van der Waals surface area contributed by atoms with Crippen LogP contribution in [0.3, 0.4) is 0 Å². The maximum atomic E-state index is 4.54. The molecule has 2 N–H and O–H groups in total. The van der Waals surface area contributed by atoms with E-state index in [1.54, 1.807) is 0 Å². The number of piperidine rings is 1. The number of rotatable bonds is 5. The Morgan fingerprint density at radius 2 is 2.29 bits per heavy atom. The number of nitrogens with one attached hydrogen (secondary N) is 2.